The van der Waals surface area contributed by atoms with Crippen LogP contribution in [-0.4, -0.2) is 23.5 Å². The Labute approximate surface area is 117 Å². The molecule has 0 radical (unpaired) electrons. The monoisotopic (exact) mass is 313 g/mol. The summed E-state index contributed by atoms with van der Waals surface area (Å²) in [6.07, 6.45) is 3.03. The number of rotatable bonds is 6. The van der Waals surface area contributed by atoms with E-state index in [-0.39, 0.29) is 5.91 Å². The van der Waals surface area contributed by atoms with Crippen molar-refractivity contribution < 1.29 is 4.79 Å². The predicted octanol–water partition coefficient (Wildman–Crippen LogP) is 2.87. The first-order valence-corrected chi connectivity index (χ1v) is 6.93. The minimum atomic E-state index is 0.0125. The summed E-state index contributed by atoms with van der Waals surface area (Å²) in [5.74, 6) is 0.651. The first-order chi connectivity index (χ1) is 8.49. The smallest absolute Gasteiger partial charge is 0.225 e. The molecule has 0 saturated heterocycles. The van der Waals surface area contributed by atoms with Gasteiger partial charge in [0.25, 0.3) is 0 Å². The molecule has 4 nitrogen and oxygen atoms in total. The number of pyridine rings is 1. The van der Waals surface area contributed by atoms with Gasteiger partial charge in [-0.05, 0) is 47.4 Å². The fourth-order valence-electron chi connectivity index (χ4n) is 1.51. The number of hydrogen-bond donors (Lipinski definition) is 2. The second-order valence-electron chi connectivity index (χ2n) is 4.58. The lowest BCUT2D eigenvalue weighted by Gasteiger charge is -2.09. The number of hydrogen-bond acceptors (Lipinski definition) is 3. The van der Waals surface area contributed by atoms with Crippen LogP contribution in [0, 0.1) is 6.92 Å². The molecule has 1 heterocycles. The van der Waals surface area contributed by atoms with Crippen molar-refractivity contribution in [1.82, 2.24) is 10.3 Å². The first kappa shape index (κ1) is 15.1. The van der Waals surface area contributed by atoms with Gasteiger partial charge in [0.2, 0.25) is 5.91 Å². The first-order valence-electron chi connectivity index (χ1n) is 6.14. The normalized spacial score (nSPS) is 10.7. The molecule has 1 rings (SSSR count). The Balaban J connectivity index is 2.35. The molecule has 0 spiro atoms. The Hall–Kier alpha value is -0.940. The molecular formula is C13H20BrN3O. The number of amides is 1. The van der Waals surface area contributed by atoms with Crippen molar-refractivity contribution >= 4 is 27.7 Å². The minimum Gasteiger partial charge on any atom is -0.315 e. The highest BCUT2D eigenvalue weighted by molar-refractivity contribution is 9.10. The number of carbonyl (C=O) groups is 1. The number of aromatic nitrogens is 1. The SMILES string of the molecule is Cc1cc(Br)cnc1NC(=O)CCCNC(C)C. The lowest BCUT2D eigenvalue weighted by Crippen LogP contribution is -2.24. The van der Waals surface area contributed by atoms with E-state index in [2.05, 4.69) is 45.4 Å². The molecule has 1 amide bonds. The molecule has 1 aromatic heterocycles. The van der Waals surface area contributed by atoms with Crippen LogP contribution in [0.25, 0.3) is 0 Å². The molecule has 0 aliphatic rings. The molecule has 2 N–H and O–H groups in total. The lowest BCUT2D eigenvalue weighted by atomic mass is 10.2. The van der Waals surface area contributed by atoms with Crippen LogP contribution in [-0.2, 0) is 4.79 Å². The number of carbonyl (C=O) groups excluding carboxylic acids is 1. The number of anilines is 1. The van der Waals surface area contributed by atoms with Crippen molar-refractivity contribution in [2.24, 2.45) is 0 Å². The van der Waals surface area contributed by atoms with E-state index in [4.69, 9.17) is 0 Å². The van der Waals surface area contributed by atoms with E-state index < -0.39 is 0 Å². The largest absolute Gasteiger partial charge is 0.315 e. The second-order valence-corrected chi connectivity index (χ2v) is 5.50. The summed E-state index contributed by atoms with van der Waals surface area (Å²) in [7, 11) is 0. The third-order valence-electron chi connectivity index (χ3n) is 2.44. The topological polar surface area (TPSA) is 54.0 Å². The van der Waals surface area contributed by atoms with Crippen molar-refractivity contribution in [2.75, 3.05) is 11.9 Å². The standard InChI is InChI=1S/C13H20BrN3O/c1-9(2)15-6-4-5-12(18)17-13-10(3)7-11(14)8-16-13/h7-9,15H,4-6H2,1-3H3,(H,16,17,18). The van der Waals surface area contributed by atoms with Gasteiger partial charge in [-0.3, -0.25) is 4.79 Å². The maximum atomic E-state index is 11.7. The Kier molecular flexibility index (Phi) is 6.29. The fraction of sp³-hybridized carbons (Fsp3) is 0.538. The average molecular weight is 314 g/mol. The Morgan fingerprint density at radius 1 is 1.50 bits per heavy atom. The van der Waals surface area contributed by atoms with Crippen molar-refractivity contribution in [2.45, 2.75) is 39.7 Å². The van der Waals surface area contributed by atoms with Gasteiger partial charge in [0, 0.05) is 23.1 Å². The van der Waals surface area contributed by atoms with Gasteiger partial charge < -0.3 is 10.6 Å². The number of halogens is 1. The summed E-state index contributed by atoms with van der Waals surface area (Å²) in [5, 5.41) is 6.11. The predicted molar refractivity (Wildman–Crippen MR) is 77.7 cm³/mol. The van der Waals surface area contributed by atoms with Gasteiger partial charge in [0.1, 0.15) is 5.82 Å². The van der Waals surface area contributed by atoms with Crippen molar-refractivity contribution in [3.63, 3.8) is 0 Å². The van der Waals surface area contributed by atoms with Crippen LogP contribution in [0.5, 0.6) is 0 Å². The molecule has 0 aromatic carbocycles. The summed E-state index contributed by atoms with van der Waals surface area (Å²) in [6, 6.07) is 2.39. The van der Waals surface area contributed by atoms with Gasteiger partial charge >= 0.3 is 0 Å². The number of aryl methyl sites for hydroxylation is 1. The fourth-order valence-corrected chi connectivity index (χ4v) is 1.95. The Morgan fingerprint density at radius 2 is 2.22 bits per heavy atom. The highest BCUT2D eigenvalue weighted by atomic mass is 79.9. The van der Waals surface area contributed by atoms with Crippen LogP contribution in [0.2, 0.25) is 0 Å². The van der Waals surface area contributed by atoms with Crippen LogP contribution < -0.4 is 10.6 Å². The van der Waals surface area contributed by atoms with Crippen molar-refractivity contribution in [1.29, 1.82) is 0 Å². The molecular weight excluding hydrogens is 294 g/mol. The molecule has 0 saturated carbocycles. The lowest BCUT2D eigenvalue weighted by molar-refractivity contribution is -0.116. The molecule has 1 aromatic rings. The summed E-state index contributed by atoms with van der Waals surface area (Å²) < 4.78 is 0.916. The van der Waals surface area contributed by atoms with Gasteiger partial charge in [-0.15, -0.1) is 0 Å². The van der Waals surface area contributed by atoms with Crippen molar-refractivity contribution in [3.05, 3.63) is 22.3 Å². The summed E-state index contributed by atoms with van der Waals surface area (Å²) in [5.41, 5.74) is 0.957. The van der Waals surface area contributed by atoms with Crippen LogP contribution in [0.1, 0.15) is 32.3 Å². The molecule has 0 aliphatic carbocycles. The maximum absolute atomic E-state index is 11.7. The third kappa shape index (κ3) is 5.60. The maximum Gasteiger partial charge on any atom is 0.225 e. The molecule has 18 heavy (non-hydrogen) atoms. The van der Waals surface area contributed by atoms with E-state index in [1.54, 1.807) is 6.20 Å². The second kappa shape index (κ2) is 7.48. The summed E-state index contributed by atoms with van der Waals surface area (Å²) >= 11 is 3.34. The highest BCUT2D eigenvalue weighted by Crippen LogP contribution is 2.16. The summed E-state index contributed by atoms with van der Waals surface area (Å²) in [6.45, 7) is 6.97. The average Bonchev–Trinajstić information content (AvgIpc) is 2.28. The molecule has 100 valence electrons. The van der Waals surface area contributed by atoms with Gasteiger partial charge in [-0.2, -0.15) is 0 Å². The molecule has 0 fully saturated rings. The van der Waals surface area contributed by atoms with Gasteiger partial charge in [0.15, 0.2) is 0 Å². The van der Waals surface area contributed by atoms with Crippen LogP contribution in [0.4, 0.5) is 5.82 Å². The quantitative estimate of drug-likeness (QED) is 0.794. The van der Waals surface area contributed by atoms with Crippen molar-refractivity contribution in [3.8, 4) is 0 Å². The van der Waals surface area contributed by atoms with Gasteiger partial charge in [-0.25, -0.2) is 4.98 Å². The van der Waals surface area contributed by atoms with E-state index >= 15 is 0 Å². The Bertz CT molecular complexity index is 407. The molecule has 5 heteroatoms. The van der Waals surface area contributed by atoms with Crippen LogP contribution in [0.3, 0.4) is 0 Å². The zero-order valence-electron chi connectivity index (χ0n) is 11.1. The van der Waals surface area contributed by atoms with Crippen LogP contribution >= 0.6 is 15.9 Å². The zero-order chi connectivity index (χ0) is 13.5. The number of nitrogens with one attached hydrogen (secondary N) is 2. The number of nitrogens with zero attached hydrogens (tertiary/aromatic N) is 1. The molecule has 0 atom stereocenters. The van der Waals surface area contributed by atoms with E-state index in [9.17, 15) is 4.79 Å². The van der Waals surface area contributed by atoms with Crippen LogP contribution in [0.15, 0.2) is 16.7 Å². The van der Waals surface area contributed by atoms with E-state index in [0.717, 1.165) is 23.0 Å². The molecule has 0 aliphatic heterocycles. The van der Waals surface area contributed by atoms with E-state index in [0.29, 0.717) is 18.3 Å². The third-order valence-corrected chi connectivity index (χ3v) is 2.87. The molecule has 0 bridgehead atoms. The van der Waals surface area contributed by atoms with E-state index in [1.165, 1.54) is 0 Å². The van der Waals surface area contributed by atoms with Gasteiger partial charge in [-0.1, -0.05) is 13.8 Å². The van der Waals surface area contributed by atoms with E-state index in [1.807, 2.05) is 13.0 Å². The molecule has 0 unspecified atom stereocenters. The zero-order valence-corrected chi connectivity index (χ0v) is 12.7. The van der Waals surface area contributed by atoms with Gasteiger partial charge in [0.05, 0.1) is 0 Å². The summed E-state index contributed by atoms with van der Waals surface area (Å²) in [4.78, 5) is 15.9. The highest BCUT2D eigenvalue weighted by Gasteiger charge is 2.06. The Morgan fingerprint density at radius 3 is 2.83 bits per heavy atom. The minimum absolute atomic E-state index is 0.0125.